The minimum Gasteiger partial charge on any atom is -0.312 e. The summed E-state index contributed by atoms with van der Waals surface area (Å²) >= 11 is 1.88. The molecule has 0 saturated heterocycles. The maximum absolute atomic E-state index is 5.31. The molecule has 2 heteroatoms. The van der Waals surface area contributed by atoms with Crippen LogP contribution in [-0.4, -0.2) is 18.3 Å². The lowest BCUT2D eigenvalue weighted by Gasteiger charge is -2.13. The topological polar surface area (TPSA) is 12.0 Å². The number of rotatable bonds is 7. The van der Waals surface area contributed by atoms with E-state index in [4.69, 9.17) is 6.42 Å². The van der Waals surface area contributed by atoms with Gasteiger partial charge >= 0.3 is 0 Å². The number of terminal acetylenes is 1. The van der Waals surface area contributed by atoms with Crippen LogP contribution in [0.3, 0.4) is 0 Å². The van der Waals surface area contributed by atoms with Crippen molar-refractivity contribution in [3.8, 4) is 12.3 Å². The Hall–Kier alpha value is -0.910. The maximum atomic E-state index is 5.31. The summed E-state index contributed by atoms with van der Waals surface area (Å²) in [6, 6.07) is 10.9. The largest absolute Gasteiger partial charge is 0.312 e. The Kier molecular flexibility index (Phi) is 6.80. The SMILES string of the molecule is C#CCC(CC)NCCSc1ccccc1. The van der Waals surface area contributed by atoms with Gasteiger partial charge in [-0.2, -0.15) is 0 Å². The van der Waals surface area contributed by atoms with Crippen LogP contribution in [0.5, 0.6) is 0 Å². The molecular formula is C14H19NS. The van der Waals surface area contributed by atoms with E-state index in [0.29, 0.717) is 6.04 Å². The Morgan fingerprint density at radius 2 is 2.12 bits per heavy atom. The van der Waals surface area contributed by atoms with Gasteiger partial charge in [0.25, 0.3) is 0 Å². The third kappa shape index (κ3) is 5.25. The fourth-order valence-corrected chi connectivity index (χ4v) is 2.26. The van der Waals surface area contributed by atoms with Gasteiger partial charge in [-0.15, -0.1) is 24.1 Å². The monoisotopic (exact) mass is 233 g/mol. The van der Waals surface area contributed by atoms with Gasteiger partial charge in [-0.3, -0.25) is 0 Å². The van der Waals surface area contributed by atoms with Gasteiger partial charge in [0.1, 0.15) is 0 Å². The molecule has 16 heavy (non-hydrogen) atoms. The van der Waals surface area contributed by atoms with Crippen LogP contribution in [0, 0.1) is 12.3 Å². The Morgan fingerprint density at radius 1 is 1.38 bits per heavy atom. The fourth-order valence-electron chi connectivity index (χ4n) is 1.45. The second-order valence-electron chi connectivity index (χ2n) is 3.63. The summed E-state index contributed by atoms with van der Waals surface area (Å²) in [6.07, 6.45) is 7.23. The first-order valence-electron chi connectivity index (χ1n) is 5.71. The zero-order chi connectivity index (χ0) is 11.6. The third-order valence-corrected chi connectivity index (χ3v) is 3.42. The summed E-state index contributed by atoms with van der Waals surface area (Å²) in [5.41, 5.74) is 0. The standard InChI is InChI=1S/C14H19NS/c1-3-8-13(4-2)15-11-12-16-14-9-6-5-7-10-14/h1,5-7,9-10,13,15H,4,8,11-12H2,2H3. The first-order valence-corrected chi connectivity index (χ1v) is 6.70. The van der Waals surface area contributed by atoms with E-state index in [1.165, 1.54) is 4.90 Å². The highest BCUT2D eigenvalue weighted by Gasteiger charge is 2.02. The predicted molar refractivity (Wildman–Crippen MR) is 72.7 cm³/mol. The average Bonchev–Trinajstić information content (AvgIpc) is 2.34. The van der Waals surface area contributed by atoms with E-state index in [-0.39, 0.29) is 0 Å². The summed E-state index contributed by atoms with van der Waals surface area (Å²) in [5, 5.41) is 3.48. The highest BCUT2D eigenvalue weighted by Crippen LogP contribution is 2.15. The molecular weight excluding hydrogens is 214 g/mol. The second-order valence-corrected chi connectivity index (χ2v) is 4.80. The normalized spacial score (nSPS) is 12.0. The first-order chi connectivity index (χ1) is 7.86. The number of hydrogen-bond acceptors (Lipinski definition) is 2. The molecule has 1 N–H and O–H groups in total. The van der Waals surface area contributed by atoms with E-state index in [0.717, 1.165) is 25.1 Å². The highest BCUT2D eigenvalue weighted by atomic mass is 32.2. The Morgan fingerprint density at radius 3 is 2.75 bits per heavy atom. The van der Waals surface area contributed by atoms with Crippen LogP contribution in [0.25, 0.3) is 0 Å². The molecule has 86 valence electrons. The Labute approximate surface area is 103 Å². The fraction of sp³-hybridized carbons (Fsp3) is 0.429. The molecule has 0 saturated carbocycles. The van der Waals surface area contributed by atoms with Crippen molar-refractivity contribution in [3.63, 3.8) is 0 Å². The van der Waals surface area contributed by atoms with Crippen LogP contribution in [0.1, 0.15) is 19.8 Å². The van der Waals surface area contributed by atoms with Gasteiger partial charge in [-0.25, -0.2) is 0 Å². The molecule has 0 fully saturated rings. The molecule has 0 aliphatic carbocycles. The predicted octanol–water partition coefficient (Wildman–Crippen LogP) is 3.17. The maximum Gasteiger partial charge on any atom is 0.0240 e. The molecule has 1 rings (SSSR count). The lowest BCUT2D eigenvalue weighted by atomic mass is 10.1. The van der Waals surface area contributed by atoms with Crippen LogP contribution < -0.4 is 5.32 Å². The minimum absolute atomic E-state index is 0.473. The van der Waals surface area contributed by atoms with Crippen LogP contribution in [0.2, 0.25) is 0 Å². The molecule has 0 spiro atoms. The molecule has 0 aliphatic rings. The lowest BCUT2D eigenvalue weighted by molar-refractivity contribution is 0.526. The van der Waals surface area contributed by atoms with Gasteiger partial charge in [0, 0.05) is 29.7 Å². The van der Waals surface area contributed by atoms with Crippen molar-refractivity contribution < 1.29 is 0 Å². The second kappa shape index (κ2) is 8.27. The van der Waals surface area contributed by atoms with Crippen LogP contribution in [0.4, 0.5) is 0 Å². The summed E-state index contributed by atoms with van der Waals surface area (Å²) in [6.45, 7) is 3.18. The van der Waals surface area contributed by atoms with Crippen LogP contribution in [-0.2, 0) is 0 Å². The number of thioether (sulfide) groups is 1. The zero-order valence-electron chi connectivity index (χ0n) is 9.78. The van der Waals surface area contributed by atoms with Gasteiger partial charge in [0.05, 0.1) is 0 Å². The van der Waals surface area contributed by atoms with Crippen LogP contribution in [0.15, 0.2) is 35.2 Å². The van der Waals surface area contributed by atoms with Gasteiger partial charge < -0.3 is 5.32 Å². The molecule has 0 aliphatic heterocycles. The molecule has 0 aromatic heterocycles. The lowest BCUT2D eigenvalue weighted by Crippen LogP contribution is -2.29. The van der Waals surface area contributed by atoms with Gasteiger partial charge in [0.2, 0.25) is 0 Å². The van der Waals surface area contributed by atoms with Crippen molar-refractivity contribution in [3.05, 3.63) is 30.3 Å². The van der Waals surface area contributed by atoms with Gasteiger partial charge in [-0.05, 0) is 18.6 Å². The average molecular weight is 233 g/mol. The Balaban J connectivity index is 2.14. The molecule has 1 aromatic rings. The van der Waals surface area contributed by atoms with E-state index in [9.17, 15) is 0 Å². The van der Waals surface area contributed by atoms with Crippen molar-refractivity contribution in [1.82, 2.24) is 5.32 Å². The van der Waals surface area contributed by atoms with E-state index >= 15 is 0 Å². The quantitative estimate of drug-likeness (QED) is 0.441. The van der Waals surface area contributed by atoms with E-state index in [1.54, 1.807) is 0 Å². The molecule has 0 bridgehead atoms. The number of hydrogen-bond donors (Lipinski definition) is 1. The van der Waals surface area contributed by atoms with E-state index < -0.39 is 0 Å². The van der Waals surface area contributed by atoms with Crippen molar-refractivity contribution in [1.29, 1.82) is 0 Å². The van der Waals surface area contributed by atoms with Crippen molar-refractivity contribution in [2.45, 2.75) is 30.7 Å². The first kappa shape index (κ1) is 13.2. The highest BCUT2D eigenvalue weighted by molar-refractivity contribution is 7.99. The van der Waals surface area contributed by atoms with Crippen molar-refractivity contribution in [2.24, 2.45) is 0 Å². The molecule has 0 heterocycles. The van der Waals surface area contributed by atoms with Crippen molar-refractivity contribution in [2.75, 3.05) is 12.3 Å². The van der Waals surface area contributed by atoms with Gasteiger partial charge in [0.15, 0.2) is 0 Å². The summed E-state index contributed by atoms with van der Waals surface area (Å²) < 4.78 is 0. The summed E-state index contributed by atoms with van der Waals surface area (Å²) in [5.74, 6) is 3.80. The molecule has 0 amide bonds. The number of benzene rings is 1. The molecule has 1 nitrogen and oxygen atoms in total. The summed E-state index contributed by atoms with van der Waals surface area (Å²) in [7, 11) is 0. The van der Waals surface area contributed by atoms with E-state index in [2.05, 4.69) is 42.4 Å². The minimum atomic E-state index is 0.473. The van der Waals surface area contributed by atoms with Crippen molar-refractivity contribution >= 4 is 11.8 Å². The molecule has 0 radical (unpaired) electrons. The summed E-state index contributed by atoms with van der Waals surface area (Å²) in [4.78, 5) is 1.33. The number of nitrogens with one attached hydrogen (secondary N) is 1. The van der Waals surface area contributed by atoms with E-state index in [1.807, 2.05) is 17.8 Å². The third-order valence-electron chi connectivity index (χ3n) is 2.40. The molecule has 1 aromatic carbocycles. The molecule has 1 unspecified atom stereocenters. The smallest absolute Gasteiger partial charge is 0.0240 e. The Bertz CT molecular complexity index is 315. The van der Waals surface area contributed by atoms with Crippen LogP contribution >= 0.6 is 11.8 Å². The van der Waals surface area contributed by atoms with Gasteiger partial charge in [-0.1, -0.05) is 25.1 Å². The molecule has 1 atom stereocenters. The zero-order valence-corrected chi connectivity index (χ0v) is 10.6.